The number of benzene rings is 2. The van der Waals surface area contributed by atoms with Crippen LogP contribution >= 0.6 is 0 Å². The third-order valence-electron chi connectivity index (χ3n) is 6.27. The third-order valence-corrected chi connectivity index (χ3v) is 6.27. The minimum absolute atomic E-state index is 0.240. The normalized spacial score (nSPS) is 11.5. The zero-order valence-corrected chi connectivity index (χ0v) is 25.0. The van der Waals surface area contributed by atoms with Crippen molar-refractivity contribution in [3.8, 4) is 6.07 Å². The molecule has 0 aliphatic heterocycles. The molecule has 224 valence electrons. The van der Waals surface area contributed by atoms with Crippen molar-refractivity contribution in [1.29, 1.82) is 5.26 Å². The smallest absolute Gasteiger partial charge is 0.260 e. The first-order chi connectivity index (χ1) is 20.6. The molecule has 1 unspecified atom stereocenters. The number of likely N-dealkylation sites (N-methyl/N-ethyl adjacent to an activating group) is 2. The minimum Gasteiger partial charge on any atom is -0.369 e. The summed E-state index contributed by atoms with van der Waals surface area (Å²) in [7, 11) is 5.37. The summed E-state index contributed by atoms with van der Waals surface area (Å²) in [5.74, 6) is -0.440. The Morgan fingerprint density at radius 2 is 1.72 bits per heavy atom. The van der Waals surface area contributed by atoms with Gasteiger partial charge in [-0.25, -0.2) is 4.98 Å². The van der Waals surface area contributed by atoms with E-state index in [2.05, 4.69) is 37.3 Å². The van der Waals surface area contributed by atoms with Crippen LogP contribution in [0, 0.1) is 11.3 Å². The van der Waals surface area contributed by atoms with E-state index >= 15 is 0 Å². The van der Waals surface area contributed by atoms with E-state index in [1.807, 2.05) is 25.9 Å². The number of nitriles is 1. The zero-order chi connectivity index (χ0) is 31.4. The largest absolute Gasteiger partial charge is 0.369 e. The van der Waals surface area contributed by atoms with Crippen molar-refractivity contribution in [2.45, 2.75) is 26.3 Å². The maximum absolute atomic E-state index is 13.2. The summed E-state index contributed by atoms with van der Waals surface area (Å²) in [6.07, 6.45) is 5.43. The molecule has 1 atom stereocenters. The van der Waals surface area contributed by atoms with Gasteiger partial charge in [-0.2, -0.15) is 10.2 Å². The molecule has 0 spiro atoms. The lowest BCUT2D eigenvalue weighted by Crippen LogP contribution is -2.42. The van der Waals surface area contributed by atoms with Crippen LogP contribution in [0.1, 0.15) is 36.2 Å². The molecule has 3 rings (SSSR count). The highest BCUT2D eigenvalue weighted by molar-refractivity contribution is 6.08. The number of anilines is 5. The average molecular weight is 584 g/mol. The summed E-state index contributed by atoms with van der Waals surface area (Å²) in [6.45, 7) is 4.85. The topological polar surface area (TPSA) is 155 Å². The molecule has 0 bridgehead atoms. The van der Waals surface area contributed by atoms with Crippen LogP contribution < -0.4 is 21.3 Å². The highest BCUT2D eigenvalue weighted by Crippen LogP contribution is 2.21. The molecule has 2 aromatic carbocycles. The second kappa shape index (κ2) is 15.6. The molecule has 12 heteroatoms. The van der Waals surface area contributed by atoms with Gasteiger partial charge in [0, 0.05) is 49.5 Å². The van der Waals surface area contributed by atoms with Gasteiger partial charge < -0.3 is 31.1 Å². The van der Waals surface area contributed by atoms with E-state index in [-0.39, 0.29) is 23.3 Å². The monoisotopic (exact) mass is 583 g/mol. The fourth-order valence-electron chi connectivity index (χ4n) is 3.71. The fourth-order valence-corrected chi connectivity index (χ4v) is 3.71. The summed E-state index contributed by atoms with van der Waals surface area (Å²) in [4.78, 5) is 50.6. The molecule has 3 amide bonds. The fraction of sp³-hybridized carbons (Fsp3) is 0.290. The molecule has 0 aliphatic rings. The van der Waals surface area contributed by atoms with Crippen LogP contribution in [-0.4, -0.2) is 77.8 Å². The van der Waals surface area contributed by atoms with Crippen LogP contribution in [0.25, 0.3) is 0 Å². The highest BCUT2D eigenvalue weighted by atomic mass is 16.2. The van der Waals surface area contributed by atoms with E-state index in [1.165, 1.54) is 17.2 Å². The van der Waals surface area contributed by atoms with Crippen molar-refractivity contribution >= 4 is 46.5 Å². The van der Waals surface area contributed by atoms with Crippen LogP contribution in [0.4, 0.5) is 28.8 Å². The maximum atomic E-state index is 13.2. The van der Waals surface area contributed by atoms with Crippen molar-refractivity contribution in [2.75, 3.05) is 55.5 Å². The number of nitrogens with one attached hydrogen (secondary N) is 4. The van der Waals surface area contributed by atoms with Gasteiger partial charge in [-0.15, -0.1) is 0 Å². The van der Waals surface area contributed by atoms with Crippen molar-refractivity contribution in [2.24, 2.45) is 0 Å². The van der Waals surface area contributed by atoms with Gasteiger partial charge in [-0.3, -0.25) is 14.4 Å². The molecule has 1 aromatic heterocycles. The van der Waals surface area contributed by atoms with E-state index in [0.29, 0.717) is 41.5 Å². The van der Waals surface area contributed by atoms with E-state index in [4.69, 9.17) is 5.26 Å². The Balaban J connectivity index is 1.69. The van der Waals surface area contributed by atoms with Crippen molar-refractivity contribution in [3.63, 3.8) is 0 Å². The summed E-state index contributed by atoms with van der Waals surface area (Å²) >= 11 is 0. The summed E-state index contributed by atoms with van der Waals surface area (Å²) in [5, 5.41) is 20.9. The quantitative estimate of drug-likeness (QED) is 0.218. The van der Waals surface area contributed by atoms with Gasteiger partial charge in [0.05, 0.1) is 11.6 Å². The molecule has 0 radical (unpaired) electrons. The lowest BCUT2D eigenvalue weighted by molar-refractivity contribution is -0.132. The minimum atomic E-state index is -0.726. The Hall–Kier alpha value is -5.28. The number of carbonyl (C=O) groups excluding carboxylic acids is 3. The lowest BCUT2D eigenvalue weighted by Gasteiger charge is -2.23. The van der Waals surface area contributed by atoms with Gasteiger partial charge >= 0.3 is 0 Å². The number of hydrogen-bond acceptors (Lipinski definition) is 9. The number of hydrogen-bond donors (Lipinski definition) is 4. The summed E-state index contributed by atoms with van der Waals surface area (Å²) < 4.78 is 0. The third kappa shape index (κ3) is 9.65. The number of aromatic nitrogens is 2. The molecule has 12 nitrogen and oxygen atoms in total. The summed E-state index contributed by atoms with van der Waals surface area (Å²) in [6, 6.07) is 14.9. The first kappa shape index (κ1) is 32.2. The van der Waals surface area contributed by atoms with Crippen LogP contribution in [0.5, 0.6) is 0 Å². The van der Waals surface area contributed by atoms with E-state index in [1.54, 1.807) is 68.6 Å². The second-order valence-corrected chi connectivity index (χ2v) is 10.0. The van der Waals surface area contributed by atoms with Crippen molar-refractivity contribution in [1.82, 2.24) is 19.8 Å². The Morgan fingerprint density at radius 3 is 2.37 bits per heavy atom. The Morgan fingerprint density at radius 1 is 1.02 bits per heavy atom. The van der Waals surface area contributed by atoms with Crippen LogP contribution in [0.2, 0.25) is 0 Å². The molecular formula is C31H37N9O3. The van der Waals surface area contributed by atoms with Gasteiger partial charge in [0.25, 0.3) is 5.91 Å². The zero-order valence-electron chi connectivity index (χ0n) is 25.0. The number of nitrogens with zero attached hydrogens (tertiary/aromatic N) is 5. The molecule has 3 aromatic rings. The molecule has 0 fully saturated rings. The molecular weight excluding hydrogens is 546 g/mol. The van der Waals surface area contributed by atoms with Gasteiger partial charge in [-0.1, -0.05) is 19.1 Å². The van der Waals surface area contributed by atoms with E-state index in [0.717, 1.165) is 6.42 Å². The Kier molecular flexibility index (Phi) is 11.7. The predicted octanol–water partition coefficient (Wildman–Crippen LogP) is 4.07. The summed E-state index contributed by atoms with van der Waals surface area (Å²) in [5.41, 5.74) is 2.38. The van der Waals surface area contributed by atoms with Crippen LogP contribution in [-0.2, 0) is 9.59 Å². The molecule has 43 heavy (non-hydrogen) atoms. The molecule has 0 aliphatic carbocycles. The van der Waals surface area contributed by atoms with Crippen molar-refractivity contribution < 1.29 is 14.4 Å². The van der Waals surface area contributed by atoms with Crippen LogP contribution in [0.3, 0.4) is 0 Å². The van der Waals surface area contributed by atoms with Gasteiger partial charge in [0.2, 0.25) is 17.8 Å². The molecule has 1 heterocycles. The van der Waals surface area contributed by atoms with Crippen LogP contribution in [0.15, 0.2) is 66.9 Å². The number of carbonyl (C=O) groups is 3. The van der Waals surface area contributed by atoms with Gasteiger partial charge in [-0.05, 0) is 69.9 Å². The highest BCUT2D eigenvalue weighted by Gasteiger charge is 2.21. The molecule has 0 saturated heterocycles. The number of amides is 3. The first-order valence-corrected chi connectivity index (χ1v) is 13.8. The Labute approximate surface area is 251 Å². The first-order valence-electron chi connectivity index (χ1n) is 13.8. The maximum Gasteiger partial charge on any atom is 0.260 e. The second-order valence-electron chi connectivity index (χ2n) is 10.0. The average Bonchev–Trinajstić information content (AvgIpc) is 2.99. The molecule has 0 saturated carbocycles. The van der Waals surface area contributed by atoms with Gasteiger partial charge in [0.15, 0.2) is 0 Å². The lowest BCUT2D eigenvalue weighted by atomic mass is 10.2. The Bertz CT molecular complexity index is 1500. The standard InChI is InChI=1S/C31H37N9O3/c1-6-16-33-28-26(20-34-31(38-28)37-23-14-12-22(19-32)13-15-23)30(43)36-25-10-7-9-24(18-25)35-29(42)21(2)40(5)27(41)11-8-17-39(3)4/h7-15,18,20-21H,6,16-17H2,1-5H3,(H,35,42)(H,36,43)(H2,33,34,37,38)/b11-8+. The van der Waals surface area contributed by atoms with Gasteiger partial charge in [0.1, 0.15) is 17.4 Å². The SMILES string of the molecule is CCCNc1nc(Nc2ccc(C#N)cc2)ncc1C(=O)Nc1cccc(NC(=O)C(C)N(C)C(=O)/C=C/CN(C)C)c1. The van der Waals surface area contributed by atoms with E-state index in [9.17, 15) is 14.4 Å². The van der Waals surface area contributed by atoms with E-state index < -0.39 is 11.9 Å². The predicted molar refractivity (Wildman–Crippen MR) is 168 cm³/mol. The van der Waals surface area contributed by atoms with Crippen molar-refractivity contribution in [3.05, 3.63) is 78.0 Å². The number of rotatable bonds is 13. The molecule has 4 N–H and O–H groups in total.